The molecule has 1 heterocycles. The van der Waals surface area contributed by atoms with Gasteiger partial charge < -0.3 is 4.74 Å². The third kappa shape index (κ3) is 4.80. The SMILES string of the molecule is C/C=C/C1CCC(c2ccc(-c3ccc(-c4ccc(CCC)cc4)c(F)c3F)c(F)c2F)CO1. The molecule has 0 spiro atoms. The Hall–Kier alpha value is -2.92. The molecule has 34 heavy (non-hydrogen) atoms. The third-order valence-corrected chi connectivity index (χ3v) is 6.45. The van der Waals surface area contributed by atoms with E-state index in [0.717, 1.165) is 18.4 Å². The van der Waals surface area contributed by atoms with Crippen LogP contribution in [0.5, 0.6) is 0 Å². The molecule has 2 atom stereocenters. The molecule has 3 aromatic carbocycles. The lowest BCUT2D eigenvalue weighted by Gasteiger charge is -2.28. The highest BCUT2D eigenvalue weighted by Crippen LogP contribution is 2.37. The fourth-order valence-electron chi connectivity index (χ4n) is 4.59. The maximum absolute atomic E-state index is 15.0. The molecule has 4 rings (SSSR count). The van der Waals surface area contributed by atoms with E-state index in [9.17, 15) is 8.78 Å². The van der Waals surface area contributed by atoms with Crippen molar-refractivity contribution in [1.29, 1.82) is 0 Å². The van der Waals surface area contributed by atoms with E-state index < -0.39 is 23.3 Å². The second kappa shape index (κ2) is 10.6. The Morgan fingerprint density at radius 3 is 2.03 bits per heavy atom. The van der Waals surface area contributed by atoms with E-state index in [-0.39, 0.29) is 40.9 Å². The van der Waals surface area contributed by atoms with Crippen LogP contribution in [0.25, 0.3) is 22.3 Å². The molecule has 1 saturated heterocycles. The van der Waals surface area contributed by atoms with Crippen LogP contribution in [0.3, 0.4) is 0 Å². The first-order chi connectivity index (χ1) is 16.4. The predicted octanol–water partition coefficient (Wildman–Crippen LogP) is 8.37. The van der Waals surface area contributed by atoms with Crippen LogP contribution in [0.2, 0.25) is 0 Å². The van der Waals surface area contributed by atoms with Crippen LogP contribution < -0.4 is 0 Å². The van der Waals surface area contributed by atoms with Gasteiger partial charge in [-0.3, -0.25) is 0 Å². The lowest BCUT2D eigenvalue weighted by Crippen LogP contribution is -2.24. The van der Waals surface area contributed by atoms with E-state index in [2.05, 4.69) is 6.92 Å². The topological polar surface area (TPSA) is 9.23 Å². The number of hydrogen-bond acceptors (Lipinski definition) is 1. The fraction of sp³-hybridized carbons (Fsp3) is 0.310. The smallest absolute Gasteiger partial charge is 0.167 e. The third-order valence-electron chi connectivity index (χ3n) is 6.45. The summed E-state index contributed by atoms with van der Waals surface area (Å²) in [6.45, 7) is 4.25. The van der Waals surface area contributed by atoms with E-state index in [4.69, 9.17) is 4.74 Å². The molecule has 1 aliphatic rings. The van der Waals surface area contributed by atoms with Gasteiger partial charge in [-0.1, -0.05) is 74.0 Å². The van der Waals surface area contributed by atoms with Crippen LogP contribution in [0.1, 0.15) is 50.2 Å². The minimum atomic E-state index is -1.20. The van der Waals surface area contributed by atoms with Crippen LogP contribution in [-0.4, -0.2) is 12.7 Å². The predicted molar refractivity (Wildman–Crippen MR) is 128 cm³/mol. The normalized spacial score (nSPS) is 18.5. The average Bonchev–Trinajstić information content (AvgIpc) is 2.85. The summed E-state index contributed by atoms with van der Waals surface area (Å²) in [5.41, 5.74) is 1.31. The molecule has 1 fully saturated rings. The maximum Gasteiger partial charge on any atom is 0.167 e. The molecule has 0 amide bonds. The van der Waals surface area contributed by atoms with Gasteiger partial charge in [0.15, 0.2) is 23.3 Å². The van der Waals surface area contributed by atoms with Gasteiger partial charge in [0.1, 0.15) is 0 Å². The zero-order valence-corrected chi connectivity index (χ0v) is 19.4. The first-order valence-corrected chi connectivity index (χ1v) is 11.7. The van der Waals surface area contributed by atoms with Gasteiger partial charge in [0.25, 0.3) is 0 Å². The average molecular weight is 469 g/mol. The van der Waals surface area contributed by atoms with Crippen molar-refractivity contribution in [3.8, 4) is 22.3 Å². The van der Waals surface area contributed by atoms with Gasteiger partial charge in [-0.25, -0.2) is 17.6 Å². The van der Waals surface area contributed by atoms with Gasteiger partial charge in [0.05, 0.1) is 12.7 Å². The molecule has 5 heteroatoms. The Morgan fingerprint density at radius 1 is 0.794 bits per heavy atom. The number of rotatable bonds is 6. The molecule has 0 radical (unpaired) electrons. The minimum Gasteiger partial charge on any atom is -0.374 e. The van der Waals surface area contributed by atoms with Crippen LogP contribution >= 0.6 is 0 Å². The van der Waals surface area contributed by atoms with Crippen LogP contribution in [0.4, 0.5) is 17.6 Å². The Bertz CT molecular complexity index is 1180. The molecule has 0 saturated carbocycles. The zero-order valence-electron chi connectivity index (χ0n) is 19.4. The summed E-state index contributed by atoms with van der Waals surface area (Å²) in [4.78, 5) is 0. The van der Waals surface area contributed by atoms with Crippen molar-refractivity contribution in [3.63, 3.8) is 0 Å². The van der Waals surface area contributed by atoms with E-state index in [1.54, 1.807) is 12.1 Å². The van der Waals surface area contributed by atoms with Crippen molar-refractivity contribution in [3.05, 3.63) is 95.1 Å². The molecule has 1 aliphatic heterocycles. The van der Waals surface area contributed by atoms with E-state index in [0.29, 0.717) is 18.4 Å². The summed E-state index contributed by atoms with van der Waals surface area (Å²) in [5.74, 6) is -4.78. The summed E-state index contributed by atoms with van der Waals surface area (Å²) < 4.78 is 65.7. The molecular weight excluding hydrogens is 440 g/mol. The Labute approximate surface area is 198 Å². The molecule has 3 aromatic rings. The lowest BCUT2D eigenvalue weighted by molar-refractivity contribution is 0.0317. The van der Waals surface area contributed by atoms with Gasteiger partial charge in [-0.2, -0.15) is 0 Å². The highest BCUT2D eigenvalue weighted by Gasteiger charge is 2.27. The van der Waals surface area contributed by atoms with Gasteiger partial charge in [-0.15, -0.1) is 0 Å². The number of aryl methyl sites for hydroxylation is 1. The summed E-state index contributed by atoms with van der Waals surface area (Å²) >= 11 is 0. The highest BCUT2D eigenvalue weighted by molar-refractivity contribution is 5.72. The number of ether oxygens (including phenoxy) is 1. The molecule has 178 valence electrons. The van der Waals surface area contributed by atoms with Crippen molar-refractivity contribution < 1.29 is 22.3 Å². The molecule has 0 N–H and O–H groups in total. The van der Waals surface area contributed by atoms with E-state index in [1.807, 2.05) is 31.2 Å². The van der Waals surface area contributed by atoms with Crippen LogP contribution in [0, 0.1) is 23.3 Å². The number of halogens is 4. The van der Waals surface area contributed by atoms with Crippen molar-refractivity contribution in [2.24, 2.45) is 0 Å². The second-order valence-electron chi connectivity index (χ2n) is 8.74. The molecule has 0 aliphatic carbocycles. The first-order valence-electron chi connectivity index (χ1n) is 11.7. The zero-order chi connectivity index (χ0) is 24.2. The largest absolute Gasteiger partial charge is 0.374 e. The lowest BCUT2D eigenvalue weighted by atomic mass is 9.89. The van der Waals surface area contributed by atoms with Crippen LogP contribution in [0.15, 0.2) is 60.7 Å². The number of allylic oxidation sites excluding steroid dienone is 1. The molecule has 2 unspecified atom stereocenters. The van der Waals surface area contributed by atoms with Crippen molar-refractivity contribution in [2.45, 2.75) is 51.6 Å². The molecular formula is C29H28F4O. The van der Waals surface area contributed by atoms with Crippen molar-refractivity contribution >= 4 is 0 Å². The van der Waals surface area contributed by atoms with E-state index in [1.165, 1.54) is 24.3 Å². The van der Waals surface area contributed by atoms with Gasteiger partial charge in [0, 0.05) is 22.6 Å². The van der Waals surface area contributed by atoms with E-state index >= 15 is 8.78 Å². The fourth-order valence-corrected chi connectivity index (χ4v) is 4.59. The molecule has 0 aromatic heterocycles. The summed E-state index contributed by atoms with van der Waals surface area (Å²) in [5, 5.41) is 0. The van der Waals surface area contributed by atoms with Gasteiger partial charge in [-0.05, 0) is 42.9 Å². The molecule has 0 bridgehead atoms. The molecule has 1 nitrogen and oxygen atoms in total. The number of hydrogen-bond donors (Lipinski definition) is 0. The summed E-state index contributed by atoms with van der Waals surface area (Å²) in [6, 6.07) is 12.7. The Balaban J connectivity index is 1.62. The van der Waals surface area contributed by atoms with Crippen molar-refractivity contribution in [1.82, 2.24) is 0 Å². The summed E-state index contributed by atoms with van der Waals surface area (Å²) in [6.07, 6.45) is 7.07. The standard InChI is InChI=1S/C29H28F4O/c1-3-5-18-7-9-19(10-8-18)22-13-15-24(28(32)26(22)30)25-16-14-23(27(31)29(25)33)20-11-12-21(6-4-2)34-17-20/h4,6-10,13-16,20-21H,3,5,11-12,17H2,1-2H3/b6-4+. The minimum absolute atomic E-state index is 0.0214. The quantitative estimate of drug-likeness (QED) is 0.261. The first kappa shape index (κ1) is 24.2. The Morgan fingerprint density at radius 2 is 1.41 bits per heavy atom. The van der Waals surface area contributed by atoms with Gasteiger partial charge >= 0.3 is 0 Å². The summed E-state index contributed by atoms with van der Waals surface area (Å²) in [7, 11) is 0. The maximum atomic E-state index is 15.0. The highest BCUT2D eigenvalue weighted by atomic mass is 19.2. The monoisotopic (exact) mass is 468 g/mol. The van der Waals surface area contributed by atoms with Crippen molar-refractivity contribution in [2.75, 3.05) is 6.61 Å². The van der Waals surface area contributed by atoms with Crippen LogP contribution in [-0.2, 0) is 11.2 Å². The van der Waals surface area contributed by atoms with Gasteiger partial charge in [0.2, 0.25) is 0 Å². The number of benzene rings is 3. The Kier molecular flexibility index (Phi) is 7.52. The second-order valence-corrected chi connectivity index (χ2v) is 8.74.